The Hall–Kier alpha value is -3.28. The number of ether oxygens (including phenoxy) is 1. The van der Waals surface area contributed by atoms with Gasteiger partial charge < -0.3 is 9.30 Å². The second-order valence-corrected chi connectivity index (χ2v) is 10.6. The van der Waals surface area contributed by atoms with E-state index in [-0.39, 0.29) is 28.0 Å². The first-order valence-electron chi connectivity index (χ1n) is 12.6. The van der Waals surface area contributed by atoms with E-state index in [1.54, 1.807) is 31.3 Å². The molecule has 2 aromatic carbocycles. The van der Waals surface area contributed by atoms with Crippen molar-refractivity contribution in [3.63, 3.8) is 0 Å². The van der Waals surface area contributed by atoms with Crippen molar-refractivity contribution in [3.8, 4) is 18.0 Å². The minimum atomic E-state index is -0.718. The summed E-state index contributed by atoms with van der Waals surface area (Å²) >= 11 is 7.42. The van der Waals surface area contributed by atoms with Crippen LogP contribution < -0.4 is 0 Å². The van der Waals surface area contributed by atoms with Crippen molar-refractivity contribution in [1.29, 1.82) is 0 Å². The van der Waals surface area contributed by atoms with Gasteiger partial charge in [0, 0.05) is 46.0 Å². The SMILES string of the molecule is C#CCCCCn1cc(-n2c(C3CC3)c(Sc3cccc(C(=O)OCC)c3F)c3ccc(Cl)c(F)c32)cn1. The third-order valence-corrected chi connectivity index (χ3v) is 7.94. The Balaban J connectivity index is 1.63. The summed E-state index contributed by atoms with van der Waals surface area (Å²) in [6.07, 6.45) is 13.3. The molecular weight excluding hydrogens is 528 g/mol. The highest BCUT2D eigenvalue weighted by atomic mass is 35.5. The molecule has 4 aromatic rings. The number of unbranched alkanes of at least 4 members (excludes halogenated alkanes) is 2. The summed E-state index contributed by atoms with van der Waals surface area (Å²) in [5, 5.41) is 5.13. The Kier molecular flexibility index (Phi) is 7.78. The highest BCUT2D eigenvalue weighted by molar-refractivity contribution is 7.99. The van der Waals surface area contributed by atoms with E-state index in [0.717, 1.165) is 36.3 Å². The maximum Gasteiger partial charge on any atom is 0.341 e. The number of fused-ring (bicyclic) bond motifs is 1. The smallest absolute Gasteiger partial charge is 0.341 e. The van der Waals surface area contributed by atoms with Gasteiger partial charge in [-0.3, -0.25) is 4.68 Å². The summed E-state index contributed by atoms with van der Waals surface area (Å²) in [7, 11) is 0. The quantitative estimate of drug-likeness (QED) is 0.114. The van der Waals surface area contributed by atoms with E-state index in [2.05, 4.69) is 11.0 Å². The van der Waals surface area contributed by atoms with E-state index in [1.165, 1.54) is 23.9 Å². The second-order valence-electron chi connectivity index (χ2n) is 9.14. The molecule has 0 radical (unpaired) electrons. The minimum Gasteiger partial charge on any atom is -0.462 e. The lowest BCUT2D eigenvalue weighted by Crippen LogP contribution is -2.07. The number of nitrogens with zero attached hydrogens (tertiary/aromatic N) is 3. The molecule has 0 aliphatic heterocycles. The molecule has 1 aliphatic rings. The van der Waals surface area contributed by atoms with E-state index >= 15 is 8.78 Å². The zero-order valence-corrected chi connectivity index (χ0v) is 22.4. The molecule has 0 saturated heterocycles. The maximum atomic E-state index is 15.6. The highest BCUT2D eigenvalue weighted by Gasteiger charge is 2.35. The number of aromatic nitrogens is 3. The van der Waals surface area contributed by atoms with Crippen LogP contribution in [0.4, 0.5) is 8.78 Å². The van der Waals surface area contributed by atoms with Crippen molar-refractivity contribution < 1.29 is 18.3 Å². The second kappa shape index (κ2) is 11.2. The fourth-order valence-electron chi connectivity index (χ4n) is 4.56. The number of carbonyl (C=O) groups excluding carboxylic acids is 1. The molecule has 1 fully saturated rings. The van der Waals surface area contributed by atoms with Crippen molar-refractivity contribution in [2.45, 2.75) is 61.3 Å². The summed E-state index contributed by atoms with van der Waals surface area (Å²) in [6.45, 7) is 2.51. The van der Waals surface area contributed by atoms with E-state index in [0.29, 0.717) is 29.6 Å². The van der Waals surface area contributed by atoms with E-state index in [4.69, 9.17) is 22.8 Å². The van der Waals surface area contributed by atoms with Crippen molar-refractivity contribution >= 4 is 40.2 Å². The Labute approximate surface area is 229 Å². The number of hydrogen-bond acceptors (Lipinski definition) is 4. The predicted molar refractivity (Wildman–Crippen MR) is 145 cm³/mol. The summed E-state index contributed by atoms with van der Waals surface area (Å²) < 4.78 is 39.8. The summed E-state index contributed by atoms with van der Waals surface area (Å²) in [4.78, 5) is 13.3. The molecule has 38 heavy (non-hydrogen) atoms. The first-order valence-corrected chi connectivity index (χ1v) is 13.8. The van der Waals surface area contributed by atoms with Crippen LogP contribution in [0.25, 0.3) is 16.6 Å². The van der Waals surface area contributed by atoms with Crippen LogP contribution in [-0.2, 0) is 11.3 Å². The monoisotopic (exact) mass is 553 g/mol. The van der Waals surface area contributed by atoms with Crippen molar-refractivity contribution in [1.82, 2.24) is 14.3 Å². The first-order chi connectivity index (χ1) is 18.4. The number of esters is 1. The number of carbonyl (C=O) groups is 1. The molecule has 2 heterocycles. The van der Waals surface area contributed by atoms with Gasteiger partial charge in [-0.15, -0.1) is 12.3 Å². The molecule has 0 N–H and O–H groups in total. The van der Waals surface area contributed by atoms with Gasteiger partial charge in [0.15, 0.2) is 11.6 Å². The largest absolute Gasteiger partial charge is 0.462 e. The number of terminal acetylenes is 1. The van der Waals surface area contributed by atoms with Crippen LogP contribution in [0.1, 0.15) is 61.0 Å². The standard InChI is InChI=1S/C29H26ClF2N3O2S/c1-3-5-6-7-15-34-17-19(16-33-34)35-26(18-11-12-18)28(21-13-14-22(30)25(32)27(21)35)38-23-10-8-9-20(24(23)31)29(36)37-4-2/h1,8-10,13-14,16-18H,4-7,11-12,15H2,2H3. The van der Waals surface area contributed by atoms with Gasteiger partial charge in [-0.25, -0.2) is 13.6 Å². The molecular formula is C29H26ClF2N3O2S. The molecule has 0 atom stereocenters. The van der Waals surface area contributed by atoms with Gasteiger partial charge in [-0.05, 0) is 56.9 Å². The predicted octanol–water partition coefficient (Wildman–Crippen LogP) is 7.77. The van der Waals surface area contributed by atoms with Crippen molar-refractivity contribution in [3.05, 3.63) is 70.6 Å². The highest BCUT2D eigenvalue weighted by Crippen LogP contribution is 2.51. The average Bonchev–Trinajstić information content (AvgIpc) is 3.55. The third kappa shape index (κ3) is 5.05. The molecule has 9 heteroatoms. The van der Waals surface area contributed by atoms with Crippen molar-refractivity contribution in [2.24, 2.45) is 0 Å². The number of hydrogen-bond donors (Lipinski definition) is 0. The number of halogens is 3. The van der Waals surface area contributed by atoms with E-state index in [1.807, 2.05) is 15.4 Å². The van der Waals surface area contributed by atoms with Crippen LogP contribution >= 0.6 is 23.4 Å². The lowest BCUT2D eigenvalue weighted by molar-refractivity contribution is 0.0520. The van der Waals surface area contributed by atoms with Crippen molar-refractivity contribution in [2.75, 3.05) is 6.61 Å². The van der Waals surface area contributed by atoms with Gasteiger partial charge in [0.2, 0.25) is 0 Å². The fourth-order valence-corrected chi connectivity index (χ4v) is 5.92. The van der Waals surface area contributed by atoms with Crippen LogP contribution in [0.3, 0.4) is 0 Å². The third-order valence-electron chi connectivity index (χ3n) is 6.48. The molecule has 0 amide bonds. The number of benzene rings is 2. The first kappa shape index (κ1) is 26.3. The zero-order chi connectivity index (χ0) is 26.8. The molecule has 1 saturated carbocycles. The number of rotatable bonds is 10. The molecule has 2 aromatic heterocycles. The molecule has 5 nitrogen and oxygen atoms in total. The van der Waals surface area contributed by atoms with Crippen LogP contribution in [0.15, 0.2) is 52.5 Å². The maximum absolute atomic E-state index is 15.6. The van der Waals surface area contributed by atoms with Gasteiger partial charge in [0.25, 0.3) is 0 Å². The van der Waals surface area contributed by atoms with Crippen LogP contribution in [0.2, 0.25) is 5.02 Å². The Bertz CT molecular complexity index is 1550. The summed E-state index contributed by atoms with van der Waals surface area (Å²) in [5.74, 6) is 0.904. The normalized spacial score (nSPS) is 13.1. The van der Waals surface area contributed by atoms with Gasteiger partial charge >= 0.3 is 5.97 Å². The molecule has 196 valence electrons. The van der Waals surface area contributed by atoms with Gasteiger partial charge in [-0.2, -0.15) is 5.10 Å². The average molecular weight is 554 g/mol. The molecule has 0 bridgehead atoms. The van der Waals surface area contributed by atoms with Gasteiger partial charge in [0.1, 0.15) is 0 Å². The molecule has 0 unspecified atom stereocenters. The fraction of sp³-hybridized carbons (Fsp3) is 0.310. The topological polar surface area (TPSA) is 49.0 Å². The van der Waals surface area contributed by atoms with Crippen LogP contribution in [-0.4, -0.2) is 26.9 Å². The van der Waals surface area contributed by atoms with E-state index < -0.39 is 17.6 Å². The summed E-state index contributed by atoms with van der Waals surface area (Å²) in [5.41, 5.74) is 1.80. The Morgan fingerprint density at radius 2 is 2.05 bits per heavy atom. The lowest BCUT2D eigenvalue weighted by Gasteiger charge is -2.11. The van der Waals surface area contributed by atoms with Crippen LogP contribution in [0.5, 0.6) is 0 Å². The number of aryl methyl sites for hydroxylation is 1. The zero-order valence-electron chi connectivity index (χ0n) is 20.8. The van der Waals surface area contributed by atoms with Gasteiger partial charge in [-0.1, -0.05) is 29.4 Å². The Morgan fingerprint density at radius 3 is 2.79 bits per heavy atom. The molecule has 5 rings (SSSR count). The summed E-state index contributed by atoms with van der Waals surface area (Å²) in [6, 6.07) is 7.92. The minimum absolute atomic E-state index is 0.00677. The molecule has 0 spiro atoms. The Morgan fingerprint density at radius 1 is 1.24 bits per heavy atom. The lowest BCUT2D eigenvalue weighted by atomic mass is 10.2. The molecule has 1 aliphatic carbocycles. The van der Waals surface area contributed by atoms with Crippen LogP contribution in [0, 0.1) is 24.0 Å². The van der Waals surface area contributed by atoms with E-state index in [9.17, 15) is 4.79 Å². The van der Waals surface area contributed by atoms with Gasteiger partial charge in [0.05, 0.1) is 34.6 Å².